The lowest BCUT2D eigenvalue weighted by atomic mass is 10.1. The van der Waals surface area contributed by atoms with E-state index in [9.17, 15) is 0 Å². The summed E-state index contributed by atoms with van der Waals surface area (Å²) in [4.78, 5) is 4.67. The minimum atomic E-state index is -0.0903. The van der Waals surface area contributed by atoms with Crippen LogP contribution in [0, 0.1) is 5.92 Å². The summed E-state index contributed by atoms with van der Waals surface area (Å²) in [5.41, 5.74) is 2.09. The van der Waals surface area contributed by atoms with Crippen LogP contribution in [-0.2, 0) is 6.54 Å². The van der Waals surface area contributed by atoms with Crippen LogP contribution in [0.4, 0.5) is 0 Å². The summed E-state index contributed by atoms with van der Waals surface area (Å²) in [6.07, 6.45) is 2.36. The first-order valence-electron chi connectivity index (χ1n) is 7.21. The molecule has 0 bridgehead atoms. The molecule has 1 unspecified atom stereocenters. The molecule has 0 spiro atoms. The fourth-order valence-electron chi connectivity index (χ4n) is 2.45. The summed E-state index contributed by atoms with van der Waals surface area (Å²) >= 11 is 6.28. The molecule has 2 aromatic rings. The van der Waals surface area contributed by atoms with Crippen molar-refractivity contribution in [2.45, 2.75) is 45.5 Å². The molecule has 0 saturated heterocycles. The van der Waals surface area contributed by atoms with E-state index in [1.807, 2.05) is 19.1 Å². The number of aryl methyl sites for hydroxylation is 1. The highest BCUT2D eigenvalue weighted by molar-refractivity contribution is 6.20. The van der Waals surface area contributed by atoms with Gasteiger partial charge in [0, 0.05) is 12.6 Å². The Hall–Kier alpha value is -1.22. The van der Waals surface area contributed by atoms with E-state index in [4.69, 9.17) is 16.3 Å². The van der Waals surface area contributed by atoms with Crippen molar-refractivity contribution in [3.63, 3.8) is 0 Å². The van der Waals surface area contributed by atoms with Gasteiger partial charge in [-0.3, -0.25) is 0 Å². The molecule has 1 atom stereocenters. The van der Waals surface area contributed by atoms with Crippen molar-refractivity contribution in [2.24, 2.45) is 5.92 Å². The molecule has 110 valence electrons. The molecule has 0 radical (unpaired) electrons. The van der Waals surface area contributed by atoms with E-state index in [1.165, 1.54) is 6.42 Å². The second kappa shape index (κ2) is 6.49. The molecule has 1 heterocycles. The Balaban J connectivity index is 2.36. The maximum absolute atomic E-state index is 6.28. The number of nitrogens with zero attached hydrogens (tertiary/aromatic N) is 2. The van der Waals surface area contributed by atoms with Gasteiger partial charge < -0.3 is 9.30 Å². The van der Waals surface area contributed by atoms with E-state index >= 15 is 0 Å². The minimum Gasteiger partial charge on any atom is -0.497 e. The van der Waals surface area contributed by atoms with Crippen molar-refractivity contribution in [1.82, 2.24) is 9.55 Å². The molecule has 0 aliphatic carbocycles. The quantitative estimate of drug-likeness (QED) is 0.717. The number of fused-ring (bicyclic) bond motifs is 1. The van der Waals surface area contributed by atoms with Gasteiger partial charge >= 0.3 is 0 Å². The largest absolute Gasteiger partial charge is 0.497 e. The molecule has 4 heteroatoms. The first kappa shape index (κ1) is 15.2. The number of hydrogen-bond acceptors (Lipinski definition) is 2. The maximum atomic E-state index is 6.28. The van der Waals surface area contributed by atoms with Gasteiger partial charge in [0.05, 0.1) is 23.5 Å². The second-order valence-corrected chi connectivity index (χ2v) is 6.28. The second-order valence-electron chi connectivity index (χ2n) is 5.63. The number of aromatic nitrogens is 2. The van der Waals surface area contributed by atoms with Crippen molar-refractivity contribution < 1.29 is 4.74 Å². The normalized spacial score (nSPS) is 13.1. The average Bonchev–Trinajstić information content (AvgIpc) is 2.76. The number of alkyl halides is 1. The van der Waals surface area contributed by atoms with Crippen LogP contribution in [0.25, 0.3) is 11.0 Å². The van der Waals surface area contributed by atoms with Crippen LogP contribution in [0.15, 0.2) is 18.2 Å². The van der Waals surface area contributed by atoms with Gasteiger partial charge in [0.1, 0.15) is 11.6 Å². The summed E-state index contributed by atoms with van der Waals surface area (Å²) in [7, 11) is 1.67. The average molecular weight is 295 g/mol. The van der Waals surface area contributed by atoms with Crippen molar-refractivity contribution in [3.8, 4) is 5.75 Å². The van der Waals surface area contributed by atoms with Gasteiger partial charge in [-0.05, 0) is 37.8 Å². The van der Waals surface area contributed by atoms with Crippen LogP contribution in [0.3, 0.4) is 0 Å². The maximum Gasteiger partial charge on any atom is 0.127 e. The zero-order valence-corrected chi connectivity index (χ0v) is 13.4. The lowest BCUT2D eigenvalue weighted by molar-refractivity contribution is 0.415. The monoisotopic (exact) mass is 294 g/mol. The predicted molar refractivity (Wildman–Crippen MR) is 84.6 cm³/mol. The number of rotatable bonds is 6. The lowest BCUT2D eigenvalue weighted by Crippen LogP contribution is -2.05. The fourth-order valence-corrected chi connectivity index (χ4v) is 2.62. The van der Waals surface area contributed by atoms with Crippen molar-refractivity contribution in [1.29, 1.82) is 0 Å². The van der Waals surface area contributed by atoms with Crippen LogP contribution in [0.5, 0.6) is 5.75 Å². The number of hydrogen-bond donors (Lipinski definition) is 0. The highest BCUT2D eigenvalue weighted by Crippen LogP contribution is 2.27. The molecular weight excluding hydrogens is 272 g/mol. The van der Waals surface area contributed by atoms with E-state index in [1.54, 1.807) is 7.11 Å². The van der Waals surface area contributed by atoms with Crippen LogP contribution < -0.4 is 4.74 Å². The molecule has 0 N–H and O–H groups in total. The van der Waals surface area contributed by atoms with E-state index < -0.39 is 0 Å². The Kier molecular flexibility index (Phi) is 4.92. The molecule has 2 rings (SSSR count). The SMILES string of the molecule is COc1ccc2c(c1)nc(C(C)Cl)n2CCCC(C)C. The topological polar surface area (TPSA) is 27.1 Å². The molecule has 0 aliphatic rings. The highest BCUT2D eigenvalue weighted by Gasteiger charge is 2.15. The molecule has 0 saturated carbocycles. The van der Waals surface area contributed by atoms with Gasteiger partial charge in [0.25, 0.3) is 0 Å². The molecule has 1 aromatic heterocycles. The Morgan fingerprint density at radius 2 is 2.05 bits per heavy atom. The van der Waals surface area contributed by atoms with Gasteiger partial charge in [0.2, 0.25) is 0 Å². The molecule has 3 nitrogen and oxygen atoms in total. The number of methoxy groups -OCH3 is 1. The van der Waals surface area contributed by atoms with Gasteiger partial charge in [-0.2, -0.15) is 0 Å². The zero-order valence-electron chi connectivity index (χ0n) is 12.7. The van der Waals surface area contributed by atoms with Gasteiger partial charge in [-0.1, -0.05) is 13.8 Å². The first-order chi connectivity index (χ1) is 9.52. The van der Waals surface area contributed by atoms with Gasteiger partial charge in [-0.25, -0.2) is 4.98 Å². The summed E-state index contributed by atoms with van der Waals surface area (Å²) in [6.45, 7) is 7.44. The predicted octanol–water partition coefficient (Wildman–Crippen LogP) is 4.78. The Morgan fingerprint density at radius 1 is 1.30 bits per heavy atom. The van der Waals surface area contributed by atoms with Crippen LogP contribution in [0.1, 0.15) is 44.8 Å². The molecule has 1 aromatic carbocycles. The van der Waals surface area contributed by atoms with Gasteiger partial charge in [0.15, 0.2) is 0 Å². The third-order valence-electron chi connectivity index (χ3n) is 3.50. The summed E-state index contributed by atoms with van der Waals surface area (Å²) in [6, 6.07) is 6.02. The van der Waals surface area contributed by atoms with Crippen molar-refractivity contribution in [2.75, 3.05) is 7.11 Å². The van der Waals surface area contributed by atoms with Gasteiger partial charge in [-0.15, -0.1) is 11.6 Å². The molecule has 0 fully saturated rings. The highest BCUT2D eigenvalue weighted by atomic mass is 35.5. The number of ether oxygens (including phenoxy) is 1. The third kappa shape index (κ3) is 3.26. The molecule has 0 aliphatic heterocycles. The number of imidazole rings is 1. The smallest absolute Gasteiger partial charge is 0.127 e. The summed E-state index contributed by atoms with van der Waals surface area (Å²) in [5.74, 6) is 2.50. The number of halogens is 1. The first-order valence-corrected chi connectivity index (χ1v) is 7.64. The summed E-state index contributed by atoms with van der Waals surface area (Å²) in [5, 5.41) is -0.0903. The van der Waals surface area contributed by atoms with Crippen molar-refractivity contribution >= 4 is 22.6 Å². The molecular formula is C16H23ClN2O. The summed E-state index contributed by atoms with van der Waals surface area (Å²) < 4.78 is 7.51. The Morgan fingerprint density at radius 3 is 2.65 bits per heavy atom. The van der Waals surface area contributed by atoms with Crippen molar-refractivity contribution in [3.05, 3.63) is 24.0 Å². The van der Waals surface area contributed by atoms with E-state index in [0.29, 0.717) is 0 Å². The van der Waals surface area contributed by atoms with E-state index in [0.717, 1.165) is 41.5 Å². The van der Waals surface area contributed by atoms with E-state index in [-0.39, 0.29) is 5.38 Å². The fraction of sp³-hybridized carbons (Fsp3) is 0.562. The number of benzene rings is 1. The Labute approximate surface area is 125 Å². The standard InChI is InChI=1S/C16H23ClN2O/c1-11(2)6-5-9-19-15-8-7-13(20-4)10-14(15)18-16(19)12(3)17/h7-8,10-12H,5-6,9H2,1-4H3. The zero-order chi connectivity index (χ0) is 14.7. The third-order valence-corrected chi connectivity index (χ3v) is 3.70. The van der Waals surface area contributed by atoms with Crippen LogP contribution >= 0.6 is 11.6 Å². The van der Waals surface area contributed by atoms with Crippen LogP contribution in [0.2, 0.25) is 0 Å². The van der Waals surface area contributed by atoms with E-state index in [2.05, 4.69) is 29.5 Å². The molecule has 20 heavy (non-hydrogen) atoms. The lowest BCUT2D eigenvalue weighted by Gasteiger charge is -2.11. The Bertz CT molecular complexity index is 575. The van der Waals surface area contributed by atoms with Crippen LogP contribution in [-0.4, -0.2) is 16.7 Å². The molecule has 0 amide bonds. The minimum absolute atomic E-state index is 0.0903.